The Labute approximate surface area is 207 Å². The summed E-state index contributed by atoms with van der Waals surface area (Å²) in [7, 11) is 1.52. The van der Waals surface area contributed by atoms with Gasteiger partial charge in [-0.1, -0.05) is 32.9 Å². The summed E-state index contributed by atoms with van der Waals surface area (Å²) >= 11 is 0. The second kappa shape index (κ2) is 9.11. The van der Waals surface area contributed by atoms with Crippen LogP contribution in [-0.4, -0.2) is 29.0 Å². The maximum Gasteiger partial charge on any atom is 0.300 e. The summed E-state index contributed by atoms with van der Waals surface area (Å²) in [6.07, 6.45) is 0. The van der Waals surface area contributed by atoms with Crippen LogP contribution in [0.15, 0.2) is 66.2 Å². The van der Waals surface area contributed by atoms with Crippen molar-refractivity contribution in [1.82, 2.24) is 0 Å². The number of aliphatic hydroxyl groups is 1. The zero-order valence-electron chi connectivity index (χ0n) is 20.2. The number of aliphatic hydroxyl groups excluding tert-OH is 1. The third kappa shape index (κ3) is 4.30. The third-order valence-electron chi connectivity index (χ3n) is 6.08. The van der Waals surface area contributed by atoms with Crippen molar-refractivity contribution < 1.29 is 33.3 Å². The van der Waals surface area contributed by atoms with Crippen molar-refractivity contribution >= 4 is 23.1 Å². The summed E-state index contributed by atoms with van der Waals surface area (Å²) in [6, 6.07) is 11.9. The van der Waals surface area contributed by atoms with Gasteiger partial charge in [-0.25, -0.2) is 8.78 Å². The summed E-state index contributed by atoms with van der Waals surface area (Å²) in [5.41, 5.74) is 0.250. The number of phenols is 1. The van der Waals surface area contributed by atoms with Crippen LogP contribution in [-0.2, 0) is 15.0 Å². The smallest absolute Gasteiger partial charge is 0.300 e. The predicted octanol–water partition coefficient (Wildman–Crippen LogP) is 5.60. The molecule has 1 unspecified atom stereocenters. The van der Waals surface area contributed by atoms with Gasteiger partial charge in [0.05, 0.1) is 24.4 Å². The van der Waals surface area contributed by atoms with Crippen molar-refractivity contribution in [1.29, 1.82) is 0 Å². The zero-order valence-corrected chi connectivity index (χ0v) is 20.2. The first kappa shape index (κ1) is 24.9. The molecular weight excluding hydrogens is 468 g/mol. The molecule has 36 heavy (non-hydrogen) atoms. The number of carbonyl (C=O) groups excluding carboxylic acids is 2. The average Bonchev–Trinajstić information content (AvgIpc) is 3.08. The fourth-order valence-electron chi connectivity index (χ4n) is 4.36. The van der Waals surface area contributed by atoms with Gasteiger partial charge < -0.3 is 14.9 Å². The van der Waals surface area contributed by atoms with E-state index in [1.807, 2.05) is 20.8 Å². The lowest BCUT2D eigenvalue weighted by Gasteiger charge is -2.26. The summed E-state index contributed by atoms with van der Waals surface area (Å²) in [5.74, 6) is -4.09. The normalized spacial score (nSPS) is 17.5. The Bertz CT molecular complexity index is 1410. The number of nitrogens with zero attached hydrogens (tertiary/aromatic N) is 1. The van der Waals surface area contributed by atoms with Crippen molar-refractivity contribution in [3.8, 4) is 11.5 Å². The quantitative estimate of drug-likeness (QED) is 0.281. The maximum atomic E-state index is 14.8. The SMILES string of the molecule is COc1ccc(/C(O)=C2/C(=O)C(=O)N(c3ccc(F)cc3F)C2c2cccc(O)c2)cc1C(C)(C)C. The first-order valence-electron chi connectivity index (χ1n) is 11.2. The molecule has 3 aromatic carbocycles. The van der Waals surface area contributed by atoms with Gasteiger partial charge in [0.1, 0.15) is 28.9 Å². The highest BCUT2D eigenvalue weighted by Gasteiger charge is 2.48. The number of ketones is 1. The number of rotatable bonds is 4. The molecule has 0 aromatic heterocycles. The van der Waals surface area contributed by atoms with E-state index in [-0.39, 0.29) is 33.6 Å². The number of phenolic OH excluding ortho intramolecular Hbond substituents is 1. The Morgan fingerprint density at radius 1 is 1.00 bits per heavy atom. The number of anilines is 1. The van der Waals surface area contributed by atoms with Crippen LogP contribution in [0.5, 0.6) is 11.5 Å². The van der Waals surface area contributed by atoms with Crippen molar-refractivity contribution in [2.45, 2.75) is 32.2 Å². The lowest BCUT2D eigenvalue weighted by atomic mass is 9.84. The molecule has 1 fully saturated rings. The standard InChI is InChI=1S/C28H25F2NO5/c1-28(2,3)19-13-16(8-11-22(19)36-4)25(33)23-24(15-6-5-7-18(32)12-15)31(27(35)26(23)34)21-10-9-17(29)14-20(21)30/h5-14,24,32-33H,1-4H3/b25-23-. The number of ether oxygens (including phenoxy) is 1. The lowest BCUT2D eigenvalue weighted by Crippen LogP contribution is -2.30. The summed E-state index contributed by atoms with van der Waals surface area (Å²) in [6.45, 7) is 5.87. The van der Waals surface area contributed by atoms with E-state index in [1.54, 1.807) is 18.2 Å². The Morgan fingerprint density at radius 3 is 2.33 bits per heavy atom. The lowest BCUT2D eigenvalue weighted by molar-refractivity contribution is -0.132. The fraction of sp³-hybridized carbons (Fsp3) is 0.214. The summed E-state index contributed by atoms with van der Waals surface area (Å²) in [5, 5.41) is 21.4. The number of carbonyl (C=O) groups is 2. The molecule has 0 bridgehead atoms. The van der Waals surface area contributed by atoms with Gasteiger partial charge in [-0.2, -0.15) is 0 Å². The van der Waals surface area contributed by atoms with Gasteiger partial charge in [0.25, 0.3) is 11.7 Å². The Balaban J connectivity index is 1.99. The minimum Gasteiger partial charge on any atom is -0.508 e. The molecule has 4 rings (SSSR count). The van der Waals surface area contributed by atoms with Crippen LogP contribution >= 0.6 is 0 Å². The largest absolute Gasteiger partial charge is 0.508 e. The number of hydrogen-bond donors (Lipinski definition) is 2. The molecule has 1 saturated heterocycles. The second-order valence-electron chi connectivity index (χ2n) is 9.52. The van der Waals surface area contributed by atoms with Crippen molar-refractivity contribution in [2.24, 2.45) is 0 Å². The molecule has 186 valence electrons. The zero-order chi connectivity index (χ0) is 26.4. The second-order valence-corrected chi connectivity index (χ2v) is 9.52. The molecule has 3 aromatic rings. The van der Waals surface area contributed by atoms with Gasteiger partial charge in [-0.05, 0) is 53.4 Å². The van der Waals surface area contributed by atoms with Crippen LogP contribution in [0.4, 0.5) is 14.5 Å². The monoisotopic (exact) mass is 493 g/mol. The fourth-order valence-corrected chi connectivity index (χ4v) is 4.36. The first-order chi connectivity index (χ1) is 16.9. The molecule has 6 nitrogen and oxygen atoms in total. The van der Waals surface area contributed by atoms with E-state index in [4.69, 9.17) is 4.74 Å². The number of halogens is 2. The van der Waals surface area contributed by atoms with Gasteiger partial charge >= 0.3 is 0 Å². The molecule has 1 aliphatic rings. The molecular formula is C28H25F2NO5. The maximum absolute atomic E-state index is 14.8. The van der Waals surface area contributed by atoms with Gasteiger partial charge in [-0.15, -0.1) is 0 Å². The minimum atomic E-state index is -1.28. The molecule has 1 aliphatic heterocycles. The Kier molecular flexibility index (Phi) is 6.30. The number of methoxy groups -OCH3 is 1. The van der Waals surface area contributed by atoms with E-state index in [1.165, 1.54) is 31.4 Å². The Hall–Kier alpha value is -4.20. The Morgan fingerprint density at radius 2 is 1.72 bits per heavy atom. The molecule has 0 spiro atoms. The number of aromatic hydroxyl groups is 1. The van der Waals surface area contributed by atoms with Gasteiger partial charge in [0.2, 0.25) is 0 Å². The number of amides is 1. The first-order valence-corrected chi connectivity index (χ1v) is 11.2. The molecule has 0 radical (unpaired) electrons. The average molecular weight is 494 g/mol. The van der Waals surface area contributed by atoms with Gasteiger partial charge in [0.15, 0.2) is 0 Å². The number of Topliss-reactive ketones (excluding diaryl/α,β-unsaturated/α-hetero) is 1. The molecule has 1 amide bonds. The molecule has 8 heteroatoms. The highest BCUT2D eigenvalue weighted by molar-refractivity contribution is 6.51. The summed E-state index contributed by atoms with van der Waals surface area (Å²) < 4.78 is 33.8. The van der Waals surface area contributed by atoms with Crippen LogP contribution < -0.4 is 9.64 Å². The van der Waals surface area contributed by atoms with Crippen molar-refractivity contribution in [3.05, 3.63) is 94.6 Å². The predicted molar refractivity (Wildman–Crippen MR) is 131 cm³/mol. The van der Waals surface area contributed by atoms with E-state index >= 15 is 0 Å². The topological polar surface area (TPSA) is 87.1 Å². The van der Waals surface area contributed by atoms with E-state index in [0.717, 1.165) is 22.6 Å². The highest BCUT2D eigenvalue weighted by atomic mass is 19.1. The molecule has 1 atom stereocenters. The van der Waals surface area contributed by atoms with Crippen molar-refractivity contribution in [3.63, 3.8) is 0 Å². The molecule has 0 aliphatic carbocycles. The van der Waals surface area contributed by atoms with Crippen LogP contribution in [0.2, 0.25) is 0 Å². The minimum absolute atomic E-state index is 0.155. The third-order valence-corrected chi connectivity index (χ3v) is 6.08. The number of benzene rings is 3. The van der Waals surface area contributed by atoms with Crippen LogP contribution in [0.25, 0.3) is 5.76 Å². The number of hydrogen-bond acceptors (Lipinski definition) is 5. The van der Waals surface area contributed by atoms with Crippen LogP contribution in [0, 0.1) is 11.6 Å². The van der Waals surface area contributed by atoms with E-state index in [2.05, 4.69) is 0 Å². The van der Waals surface area contributed by atoms with Crippen LogP contribution in [0.1, 0.15) is 43.5 Å². The van der Waals surface area contributed by atoms with Gasteiger partial charge in [-0.3, -0.25) is 14.5 Å². The molecule has 0 saturated carbocycles. The van der Waals surface area contributed by atoms with E-state index in [9.17, 15) is 28.6 Å². The van der Waals surface area contributed by atoms with Crippen molar-refractivity contribution in [2.75, 3.05) is 12.0 Å². The van der Waals surface area contributed by atoms with E-state index < -0.39 is 35.1 Å². The van der Waals surface area contributed by atoms with E-state index in [0.29, 0.717) is 11.8 Å². The highest BCUT2D eigenvalue weighted by Crippen LogP contribution is 2.44. The van der Waals surface area contributed by atoms with Gasteiger partial charge in [0, 0.05) is 17.2 Å². The molecule has 1 heterocycles. The summed E-state index contributed by atoms with van der Waals surface area (Å²) in [4.78, 5) is 27.3. The van der Waals surface area contributed by atoms with Crippen LogP contribution in [0.3, 0.4) is 0 Å². The molecule has 2 N–H and O–H groups in total.